The van der Waals surface area contributed by atoms with E-state index in [1.54, 1.807) is 0 Å². The van der Waals surface area contributed by atoms with Crippen LogP contribution in [0.1, 0.15) is 20.3 Å². The summed E-state index contributed by atoms with van der Waals surface area (Å²) in [6.07, 6.45) is 1.09. The van der Waals surface area contributed by atoms with Gasteiger partial charge in [0, 0.05) is 20.0 Å². The van der Waals surface area contributed by atoms with Gasteiger partial charge in [0.15, 0.2) is 0 Å². The zero-order valence-corrected chi connectivity index (χ0v) is 7.22. The van der Waals surface area contributed by atoms with Gasteiger partial charge in [0.2, 0.25) is 5.91 Å². The molecule has 11 heavy (non-hydrogen) atoms. The number of rotatable bonds is 1. The van der Waals surface area contributed by atoms with Gasteiger partial charge in [0.25, 0.3) is 0 Å². The highest BCUT2D eigenvalue weighted by atomic mass is 16.1. The van der Waals surface area contributed by atoms with E-state index in [4.69, 9.17) is 0 Å². The lowest BCUT2D eigenvalue weighted by molar-refractivity contribution is -0.119. The maximum absolute atomic E-state index is 10.6. The number of hydrogen-bond donors (Lipinski definition) is 2. The molecule has 0 bridgehead atoms. The highest BCUT2D eigenvalue weighted by molar-refractivity contribution is 5.73. The third kappa shape index (κ3) is 2.17. The molecule has 1 rings (SSSR count). The number of hydrazine groups is 1. The second-order valence-electron chi connectivity index (χ2n) is 3.08. The van der Waals surface area contributed by atoms with Gasteiger partial charge in [-0.25, -0.2) is 10.4 Å². The van der Waals surface area contributed by atoms with E-state index >= 15 is 0 Å². The lowest BCUT2D eigenvalue weighted by Crippen LogP contribution is -2.44. The number of nitrogens with one attached hydrogen (secondary N) is 2. The van der Waals surface area contributed by atoms with Crippen LogP contribution >= 0.6 is 0 Å². The minimum Gasteiger partial charge on any atom is -0.340 e. The largest absolute Gasteiger partial charge is 0.340 e. The molecule has 1 aliphatic rings. The first kappa shape index (κ1) is 8.49. The van der Waals surface area contributed by atoms with Crippen molar-refractivity contribution < 1.29 is 4.79 Å². The summed E-state index contributed by atoms with van der Waals surface area (Å²) in [6.45, 7) is 3.65. The number of carbonyl (C=O) groups excluding carboxylic acids is 1. The monoisotopic (exact) mass is 157 g/mol. The van der Waals surface area contributed by atoms with E-state index in [0.717, 1.165) is 6.42 Å². The molecule has 0 aliphatic carbocycles. The summed E-state index contributed by atoms with van der Waals surface area (Å²) in [5.74, 6) is 0.0185. The molecule has 0 aromatic heterocycles. The van der Waals surface area contributed by atoms with Gasteiger partial charge in [0.1, 0.15) is 0 Å². The molecule has 1 amide bonds. The predicted octanol–water partition coefficient (Wildman–Crippen LogP) is -0.323. The van der Waals surface area contributed by atoms with Crippen LogP contribution < -0.4 is 10.7 Å². The van der Waals surface area contributed by atoms with Crippen molar-refractivity contribution in [3.05, 3.63) is 0 Å². The summed E-state index contributed by atoms with van der Waals surface area (Å²) in [4.78, 5) is 10.6. The van der Waals surface area contributed by atoms with Gasteiger partial charge in [-0.15, -0.1) is 0 Å². The molecule has 2 atom stereocenters. The molecule has 1 aliphatic heterocycles. The zero-order chi connectivity index (χ0) is 8.43. The van der Waals surface area contributed by atoms with Gasteiger partial charge in [0.05, 0.1) is 6.17 Å². The van der Waals surface area contributed by atoms with Crippen molar-refractivity contribution in [3.8, 4) is 0 Å². The average molecular weight is 157 g/mol. The van der Waals surface area contributed by atoms with Crippen molar-refractivity contribution >= 4 is 5.91 Å². The molecule has 1 fully saturated rings. The maximum atomic E-state index is 10.6. The first-order valence-corrected chi connectivity index (χ1v) is 3.85. The summed E-state index contributed by atoms with van der Waals surface area (Å²) in [5, 5.41) is 4.83. The Bertz CT molecular complexity index is 150. The molecule has 4 nitrogen and oxygen atoms in total. The van der Waals surface area contributed by atoms with Crippen molar-refractivity contribution in [2.45, 2.75) is 32.5 Å². The van der Waals surface area contributed by atoms with Crippen LogP contribution in [0.25, 0.3) is 0 Å². The van der Waals surface area contributed by atoms with E-state index in [0.29, 0.717) is 6.04 Å². The van der Waals surface area contributed by atoms with E-state index in [1.165, 1.54) is 6.92 Å². The van der Waals surface area contributed by atoms with Gasteiger partial charge < -0.3 is 5.32 Å². The van der Waals surface area contributed by atoms with E-state index in [9.17, 15) is 4.79 Å². The second-order valence-corrected chi connectivity index (χ2v) is 3.08. The Morgan fingerprint density at radius 2 is 2.36 bits per heavy atom. The third-order valence-corrected chi connectivity index (χ3v) is 1.97. The Labute approximate surface area is 66.9 Å². The van der Waals surface area contributed by atoms with Crippen LogP contribution in [0.3, 0.4) is 0 Å². The van der Waals surface area contributed by atoms with Crippen LogP contribution in [0, 0.1) is 0 Å². The smallest absolute Gasteiger partial charge is 0.218 e. The van der Waals surface area contributed by atoms with E-state index in [-0.39, 0.29) is 12.1 Å². The molecule has 0 saturated carbocycles. The maximum Gasteiger partial charge on any atom is 0.218 e. The molecule has 1 saturated heterocycles. The molecular weight excluding hydrogens is 142 g/mol. The van der Waals surface area contributed by atoms with Crippen LogP contribution in [-0.4, -0.2) is 30.2 Å². The Morgan fingerprint density at radius 3 is 2.73 bits per heavy atom. The van der Waals surface area contributed by atoms with E-state index in [1.807, 2.05) is 12.1 Å². The number of hydrogen-bond acceptors (Lipinski definition) is 3. The van der Waals surface area contributed by atoms with Crippen LogP contribution in [0.15, 0.2) is 0 Å². The third-order valence-electron chi connectivity index (χ3n) is 1.97. The van der Waals surface area contributed by atoms with Crippen molar-refractivity contribution in [2.75, 3.05) is 7.05 Å². The normalized spacial score (nSPS) is 32.3. The van der Waals surface area contributed by atoms with Crippen LogP contribution in [0.2, 0.25) is 0 Å². The van der Waals surface area contributed by atoms with Gasteiger partial charge in [-0.2, -0.15) is 0 Å². The molecule has 2 unspecified atom stereocenters. The van der Waals surface area contributed by atoms with E-state index in [2.05, 4.69) is 17.7 Å². The summed E-state index contributed by atoms with van der Waals surface area (Å²) < 4.78 is 0. The quantitative estimate of drug-likeness (QED) is 0.548. The molecule has 0 aromatic rings. The Kier molecular flexibility index (Phi) is 2.46. The number of nitrogens with zero attached hydrogens (tertiary/aromatic N) is 1. The fraction of sp³-hybridized carbons (Fsp3) is 0.857. The minimum atomic E-state index is 0.0185. The van der Waals surface area contributed by atoms with Gasteiger partial charge in [-0.1, -0.05) is 0 Å². The number of amides is 1. The first-order valence-electron chi connectivity index (χ1n) is 3.85. The molecule has 4 heteroatoms. The summed E-state index contributed by atoms with van der Waals surface area (Å²) in [5.41, 5.74) is 3.14. The minimum absolute atomic E-state index is 0.0185. The van der Waals surface area contributed by atoms with Gasteiger partial charge in [-0.05, 0) is 13.3 Å². The number of carbonyl (C=O) groups is 1. The SMILES string of the molecule is CC(=O)NC1CC(C)N(C)N1. The van der Waals surface area contributed by atoms with Crippen molar-refractivity contribution in [1.82, 2.24) is 15.8 Å². The fourth-order valence-electron chi connectivity index (χ4n) is 1.26. The molecule has 0 radical (unpaired) electrons. The Morgan fingerprint density at radius 1 is 1.73 bits per heavy atom. The molecule has 2 N–H and O–H groups in total. The lowest BCUT2D eigenvalue weighted by Gasteiger charge is -2.14. The molecule has 0 aromatic carbocycles. The van der Waals surface area contributed by atoms with Crippen molar-refractivity contribution in [1.29, 1.82) is 0 Å². The summed E-state index contributed by atoms with van der Waals surface area (Å²) in [6, 6.07) is 0.492. The molecule has 64 valence electrons. The molecule has 0 spiro atoms. The lowest BCUT2D eigenvalue weighted by atomic mass is 10.2. The van der Waals surface area contributed by atoms with Gasteiger partial charge >= 0.3 is 0 Å². The average Bonchev–Trinajstić information content (AvgIpc) is 2.10. The van der Waals surface area contributed by atoms with Crippen LogP contribution in [0.5, 0.6) is 0 Å². The zero-order valence-electron chi connectivity index (χ0n) is 7.22. The summed E-state index contributed by atoms with van der Waals surface area (Å²) in [7, 11) is 1.98. The highest BCUT2D eigenvalue weighted by Gasteiger charge is 2.25. The van der Waals surface area contributed by atoms with Gasteiger partial charge in [-0.3, -0.25) is 4.79 Å². The fourth-order valence-corrected chi connectivity index (χ4v) is 1.26. The highest BCUT2D eigenvalue weighted by Crippen LogP contribution is 2.09. The molecule has 1 heterocycles. The standard InChI is InChI=1S/C7H15N3O/c1-5-4-7(8-6(2)11)9-10(5)3/h5,7,9H,4H2,1-3H3,(H,8,11). The summed E-state index contributed by atoms with van der Waals surface area (Å²) >= 11 is 0. The van der Waals surface area contributed by atoms with Crippen LogP contribution in [0.4, 0.5) is 0 Å². The Hall–Kier alpha value is -0.610. The predicted molar refractivity (Wildman–Crippen MR) is 42.6 cm³/mol. The van der Waals surface area contributed by atoms with Crippen LogP contribution in [-0.2, 0) is 4.79 Å². The van der Waals surface area contributed by atoms with Crippen molar-refractivity contribution in [3.63, 3.8) is 0 Å². The molecular formula is C7H15N3O. The topological polar surface area (TPSA) is 44.4 Å². The van der Waals surface area contributed by atoms with E-state index < -0.39 is 0 Å². The Balaban J connectivity index is 2.35. The first-order chi connectivity index (χ1) is 5.09. The second kappa shape index (κ2) is 3.19. The van der Waals surface area contributed by atoms with Crippen molar-refractivity contribution in [2.24, 2.45) is 0 Å².